The summed E-state index contributed by atoms with van der Waals surface area (Å²) in [6, 6.07) is 3.65. The predicted molar refractivity (Wildman–Crippen MR) is 53.0 cm³/mol. The third-order valence-corrected chi connectivity index (χ3v) is 2.86. The van der Waals surface area contributed by atoms with Crippen molar-refractivity contribution < 1.29 is 18.3 Å². The van der Waals surface area contributed by atoms with E-state index >= 15 is 0 Å². The van der Waals surface area contributed by atoms with E-state index in [9.17, 15) is 18.3 Å². The number of phenols is 1. The van der Waals surface area contributed by atoms with Gasteiger partial charge in [-0.25, -0.2) is 0 Å². The minimum absolute atomic E-state index is 0.273. The summed E-state index contributed by atoms with van der Waals surface area (Å²) in [4.78, 5) is 0. The fourth-order valence-corrected chi connectivity index (χ4v) is 1.68. The van der Waals surface area contributed by atoms with Crippen LogP contribution in [0.25, 0.3) is 0 Å². The molecule has 2 rings (SSSR count). The first-order valence-corrected chi connectivity index (χ1v) is 4.99. The molecule has 0 aliphatic heterocycles. The molecular formula is C11H12F3NO. The molecular weight excluding hydrogens is 219 g/mol. The minimum atomic E-state index is -4.52. The molecule has 0 atom stereocenters. The molecule has 0 amide bonds. The van der Waals surface area contributed by atoms with Gasteiger partial charge in [-0.1, -0.05) is 12.1 Å². The highest BCUT2D eigenvalue weighted by atomic mass is 19.4. The Balaban J connectivity index is 2.33. The minimum Gasteiger partial charge on any atom is -0.507 e. The zero-order chi connectivity index (χ0) is 12.0. The third-order valence-electron chi connectivity index (χ3n) is 2.86. The lowest BCUT2D eigenvalue weighted by Crippen LogP contribution is -2.24. The van der Waals surface area contributed by atoms with Gasteiger partial charge in [0.05, 0.1) is 5.56 Å². The fraction of sp³-hybridized carbons (Fsp3) is 0.455. The maximum atomic E-state index is 12.5. The highest BCUT2D eigenvalue weighted by molar-refractivity contribution is 5.43. The normalized spacial score (nSPS) is 18.5. The maximum Gasteiger partial charge on any atom is 0.419 e. The smallest absolute Gasteiger partial charge is 0.419 e. The lowest BCUT2D eigenvalue weighted by molar-refractivity contribution is -0.138. The molecule has 5 heteroatoms. The Hall–Kier alpha value is -1.23. The maximum absolute atomic E-state index is 12.5. The Morgan fingerprint density at radius 2 is 1.94 bits per heavy atom. The van der Waals surface area contributed by atoms with Gasteiger partial charge in [-0.15, -0.1) is 0 Å². The van der Waals surface area contributed by atoms with E-state index < -0.39 is 23.0 Å². The van der Waals surface area contributed by atoms with Crippen molar-refractivity contribution in [3.63, 3.8) is 0 Å². The number of alkyl halides is 3. The van der Waals surface area contributed by atoms with E-state index in [2.05, 4.69) is 0 Å². The van der Waals surface area contributed by atoms with E-state index in [4.69, 9.17) is 5.73 Å². The highest BCUT2D eigenvalue weighted by Crippen LogP contribution is 2.41. The van der Waals surface area contributed by atoms with Gasteiger partial charge in [-0.2, -0.15) is 13.2 Å². The van der Waals surface area contributed by atoms with Crippen LogP contribution < -0.4 is 5.73 Å². The molecule has 1 aliphatic rings. The molecule has 0 spiro atoms. The van der Waals surface area contributed by atoms with Gasteiger partial charge in [0.1, 0.15) is 5.75 Å². The molecule has 0 heterocycles. The van der Waals surface area contributed by atoms with Crippen LogP contribution in [-0.2, 0) is 12.6 Å². The van der Waals surface area contributed by atoms with E-state index in [0.717, 1.165) is 18.9 Å². The number of benzene rings is 1. The second-order valence-corrected chi connectivity index (χ2v) is 4.35. The standard InChI is InChI=1S/C11H12F3NO/c12-11(13,14)8-3-1-2-7(9(8)16)6-10(15)4-5-10/h1-3,16H,4-6,15H2. The molecule has 1 aliphatic carbocycles. The molecule has 0 aromatic heterocycles. The molecule has 0 saturated heterocycles. The topological polar surface area (TPSA) is 46.2 Å². The zero-order valence-electron chi connectivity index (χ0n) is 8.51. The number of halogens is 3. The largest absolute Gasteiger partial charge is 0.507 e. The van der Waals surface area contributed by atoms with Crippen LogP contribution in [-0.4, -0.2) is 10.6 Å². The number of hydrogen-bond acceptors (Lipinski definition) is 2. The summed E-state index contributed by atoms with van der Waals surface area (Å²) >= 11 is 0. The Bertz CT molecular complexity index is 410. The SMILES string of the molecule is NC1(Cc2cccc(C(F)(F)F)c2O)CC1. The lowest BCUT2D eigenvalue weighted by Gasteiger charge is -2.14. The van der Waals surface area contributed by atoms with Crippen molar-refractivity contribution >= 4 is 0 Å². The number of nitrogens with two attached hydrogens (primary N) is 1. The summed E-state index contributed by atoms with van der Waals surface area (Å²) in [5, 5.41) is 9.54. The highest BCUT2D eigenvalue weighted by Gasteiger charge is 2.40. The van der Waals surface area contributed by atoms with Crippen molar-refractivity contribution in [2.75, 3.05) is 0 Å². The summed E-state index contributed by atoms with van der Waals surface area (Å²) in [5.41, 5.74) is 4.68. The quantitative estimate of drug-likeness (QED) is 0.821. The number of para-hydroxylation sites is 1. The molecule has 1 aromatic rings. The fourth-order valence-electron chi connectivity index (χ4n) is 1.68. The first kappa shape index (κ1) is 11.3. The Morgan fingerprint density at radius 1 is 1.31 bits per heavy atom. The molecule has 0 bridgehead atoms. The molecule has 2 nitrogen and oxygen atoms in total. The molecule has 3 N–H and O–H groups in total. The van der Waals surface area contributed by atoms with Crippen LogP contribution in [0.1, 0.15) is 24.0 Å². The van der Waals surface area contributed by atoms with Crippen LogP contribution in [0.15, 0.2) is 18.2 Å². The van der Waals surface area contributed by atoms with Crippen LogP contribution in [0, 0.1) is 0 Å². The molecule has 16 heavy (non-hydrogen) atoms. The first-order valence-electron chi connectivity index (χ1n) is 4.99. The second-order valence-electron chi connectivity index (χ2n) is 4.35. The van der Waals surface area contributed by atoms with Gasteiger partial charge in [0.15, 0.2) is 0 Å². The van der Waals surface area contributed by atoms with Gasteiger partial charge in [-0.3, -0.25) is 0 Å². The van der Waals surface area contributed by atoms with E-state index in [1.165, 1.54) is 12.1 Å². The molecule has 88 valence electrons. The van der Waals surface area contributed by atoms with Gasteiger partial charge in [0, 0.05) is 5.54 Å². The summed E-state index contributed by atoms with van der Waals surface area (Å²) in [6.45, 7) is 0. The summed E-state index contributed by atoms with van der Waals surface area (Å²) in [5.74, 6) is -0.688. The van der Waals surface area contributed by atoms with E-state index in [1.807, 2.05) is 0 Å². The van der Waals surface area contributed by atoms with Crippen molar-refractivity contribution in [2.24, 2.45) is 5.73 Å². The average Bonchev–Trinajstić information content (AvgIpc) is 2.86. The molecule has 0 unspecified atom stereocenters. The van der Waals surface area contributed by atoms with Crippen LogP contribution in [0.3, 0.4) is 0 Å². The van der Waals surface area contributed by atoms with Crippen LogP contribution >= 0.6 is 0 Å². The number of rotatable bonds is 2. The lowest BCUT2D eigenvalue weighted by atomic mass is 10.0. The average molecular weight is 231 g/mol. The van der Waals surface area contributed by atoms with Crippen molar-refractivity contribution in [2.45, 2.75) is 31.0 Å². The molecule has 1 fully saturated rings. The van der Waals surface area contributed by atoms with Crippen molar-refractivity contribution in [1.29, 1.82) is 0 Å². The molecule has 1 saturated carbocycles. The van der Waals surface area contributed by atoms with Crippen LogP contribution in [0.5, 0.6) is 5.75 Å². The second kappa shape index (κ2) is 3.38. The monoisotopic (exact) mass is 231 g/mol. The van der Waals surface area contributed by atoms with E-state index in [-0.39, 0.29) is 5.56 Å². The Labute approximate surface area is 90.9 Å². The van der Waals surface area contributed by atoms with Gasteiger partial charge < -0.3 is 10.8 Å². The zero-order valence-corrected chi connectivity index (χ0v) is 8.51. The van der Waals surface area contributed by atoms with Gasteiger partial charge >= 0.3 is 6.18 Å². The number of phenolic OH excluding ortho intramolecular Hbond substituents is 1. The van der Waals surface area contributed by atoms with Crippen LogP contribution in [0.2, 0.25) is 0 Å². The van der Waals surface area contributed by atoms with Gasteiger partial charge in [-0.05, 0) is 30.9 Å². The van der Waals surface area contributed by atoms with Crippen molar-refractivity contribution in [1.82, 2.24) is 0 Å². The number of aromatic hydroxyl groups is 1. The summed E-state index contributed by atoms with van der Waals surface area (Å²) in [6.07, 6.45) is -2.64. The van der Waals surface area contributed by atoms with E-state index in [1.54, 1.807) is 0 Å². The third kappa shape index (κ3) is 2.14. The van der Waals surface area contributed by atoms with Crippen LogP contribution in [0.4, 0.5) is 13.2 Å². The van der Waals surface area contributed by atoms with Gasteiger partial charge in [0.25, 0.3) is 0 Å². The summed E-state index contributed by atoms with van der Waals surface area (Å²) in [7, 11) is 0. The summed E-state index contributed by atoms with van der Waals surface area (Å²) < 4.78 is 37.5. The van der Waals surface area contributed by atoms with Crippen molar-refractivity contribution in [3.05, 3.63) is 29.3 Å². The molecule has 0 radical (unpaired) electrons. The first-order chi connectivity index (χ1) is 7.32. The predicted octanol–water partition coefficient (Wildman–Crippen LogP) is 2.44. The number of hydrogen-bond donors (Lipinski definition) is 2. The van der Waals surface area contributed by atoms with Gasteiger partial charge in [0.2, 0.25) is 0 Å². The van der Waals surface area contributed by atoms with Crippen molar-refractivity contribution in [3.8, 4) is 5.75 Å². The Kier molecular flexibility index (Phi) is 2.38. The molecule has 1 aromatic carbocycles. The Morgan fingerprint density at radius 3 is 2.44 bits per heavy atom. The van der Waals surface area contributed by atoms with E-state index in [0.29, 0.717) is 6.42 Å².